The molecule has 0 amide bonds. The molecule has 1 N–H and O–H groups in total. The summed E-state index contributed by atoms with van der Waals surface area (Å²) in [7, 11) is -1.73. The van der Waals surface area contributed by atoms with Gasteiger partial charge in [-0.3, -0.25) is 0 Å². The molecule has 0 bridgehead atoms. The van der Waals surface area contributed by atoms with Gasteiger partial charge in [0.05, 0.1) is 5.60 Å². The fraction of sp³-hybridized carbons (Fsp3) is 0.857. The van der Waals surface area contributed by atoms with E-state index in [1.165, 1.54) is 12.8 Å². The lowest BCUT2D eigenvalue weighted by Gasteiger charge is -2.55. The van der Waals surface area contributed by atoms with Gasteiger partial charge < -0.3 is 9.53 Å². The molecule has 2 saturated carbocycles. The van der Waals surface area contributed by atoms with Gasteiger partial charge >= 0.3 is 0 Å². The van der Waals surface area contributed by atoms with Gasteiger partial charge in [-0.25, -0.2) is 0 Å². The van der Waals surface area contributed by atoms with Crippen molar-refractivity contribution in [3.63, 3.8) is 0 Å². The number of rotatable bonds is 5. The topological polar surface area (TPSA) is 29.5 Å². The van der Waals surface area contributed by atoms with E-state index in [2.05, 4.69) is 65.8 Å². The van der Waals surface area contributed by atoms with Gasteiger partial charge in [0.25, 0.3) is 0 Å². The molecule has 0 aliphatic heterocycles. The Labute approximate surface area is 193 Å². The lowest BCUT2D eigenvalue weighted by Crippen LogP contribution is -2.56. The quantitative estimate of drug-likeness (QED) is 0.276. The molecule has 176 valence electrons. The molecule has 3 rings (SSSR count). The van der Waals surface area contributed by atoms with Crippen LogP contribution in [-0.2, 0) is 4.43 Å². The Kier molecular flexibility index (Phi) is 7.28. The average Bonchev–Trinajstić information content (AvgIpc) is 3.02. The molecule has 2 unspecified atom stereocenters. The number of fused-ring (bicyclic) bond motifs is 3. The van der Waals surface area contributed by atoms with Crippen LogP contribution in [0.15, 0.2) is 12.2 Å². The molecule has 0 aromatic carbocycles. The highest BCUT2D eigenvalue weighted by Gasteiger charge is 2.60. The zero-order chi connectivity index (χ0) is 23.1. The van der Waals surface area contributed by atoms with Crippen LogP contribution in [0.4, 0.5) is 0 Å². The summed E-state index contributed by atoms with van der Waals surface area (Å²) in [6, 6.07) is 0. The van der Waals surface area contributed by atoms with E-state index in [1.54, 1.807) is 0 Å². The highest BCUT2D eigenvalue weighted by atomic mass is 28.4. The van der Waals surface area contributed by atoms with Gasteiger partial charge in [-0.05, 0) is 98.1 Å². The Hall–Kier alpha value is -0.563. The molecule has 0 radical (unpaired) electrons. The van der Waals surface area contributed by atoms with Crippen molar-refractivity contribution in [2.45, 2.75) is 110 Å². The largest absolute Gasteiger partial charge is 0.417 e. The number of terminal acetylenes is 1. The van der Waals surface area contributed by atoms with E-state index < -0.39 is 13.9 Å². The van der Waals surface area contributed by atoms with E-state index >= 15 is 0 Å². The molecule has 3 heteroatoms. The molecule has 2 fully saturated rings. The van der Waals surface area contributed by atoms with Crippen LogP contribution in [0, 0.1) is 47.3 Å². The first-order valence-electron chi connectivity index (χ1n) is 12.8. The summed E-state index contributed by atoms with van der Waals surface area (Å²) in [4.78, 5) is 0. The van der Waals surface area contributed by atoms with Crippen LogP contribution in [0.3, 0.4) is 0 Å². The maximum absolute atomic E-state index is 12.2. The molecule has 2 nitrogen and oxygen atoms in total. The Balaban J connectivity index is 1.76. The maximum atomic E-state index is 12.2. The van der Waals surface area contributed by atoms with Crippen LogP contribution in [0.2, 0.25) is 18.1 Å². The van der Waals surface area contributed by atoms with Crippen LogP contribution in [0.25, 0.3) is 0 Å². The molecule has 31 heavy (non-hydrogen) atoms. The van der Waals surface area contributed by atoms with Crippen LogP contribution in [-0.4, -0.2) is 25.6 Å². The fourth-order valence-electron chi connectivity index (χ4n) is 7.09. The van der Waals surface area contributed by atoms with Gasteiger partial charge in [-0.1, -0.05) is 46.8 Å². The molecule has 0 spiro atoms. The predicted octanol–water partition coefficient (Wildman–Crippen LogP) is 7.20. The summed E-state index contributed by atoms with van der Waals surface area (Å²) < 4.78 is 6.65. The Bertz CT molecular complexity index is 699. The number of hydrogen-bond acceptors (Lipinski definition) is 2. The first kappa shape index (κ1) is 25.1. The Morgan fingerprint density at radius 2 is 1.94 bits per heavy atom. The van der Waals surface area contributed by atoms with E-state index in [-0.39, 0.29) is 10.5 Å². The van der Waals surface area contributed by atoms with E-state index in [9.17, 15) is 5.11 Å². The zero-order valence-corrected chi connectivity index (χ0v) is 22.3. The summed E-state index contributed by atoms with van der Waals surface area (Å²) in [6.45, 7) is 17.5. The highest BCUT2D eigenvalue weighted by molar-refractivity contribution is 6.74. The molecular weight excluding hydrogens is 396 g/mol. The van der Waals surface area contributed by atoms with Crippen LogP contribution < -0.4 is 0 Å². The third-order valence-corrected chi connectivity index (χ3v) is 14.6. The summed E-state index contributed by atoms with van der Waals surface area (Å²) >= 11 is 0. The van der Waals surface area contributed by atoms with E-state index in [0.29, 0.717) is 29.6 Å². The van der Waals surface area contributed by atoms with Crippen molar-refractivity contribution in [3.05, 3.63) is 12.2 Å². The van der Waals surface area contributed by atoms with E-state index in [0.717, 1.165) is 45.1 Å². The van der Waals surface area contributed by atoms with Crippen molar-refractivity contribution in [2.24, 2.45) is 35.0 Å². The first-order valence-corrected chi connectivity index (χ1v) is 15.7. The van der Waals surface area contributed by atoms with Gasteiger partial charge in [0, 0.05) is 13.0 Å². The predicted molar refractivity (Wildman–Crippen MR) is 134 cm³/mol. The Morgan fingerprint density at radius 1 is 1.23 bits per heavy atom. The number of aliphatic hydroxyl groups is 1. The van der Waals surface area contributed by atoms with Crippen molar-refractivity contribution in [1.29, 1.82) is 0 Å². The lowest BCUT2D eigenvalue weighted by atomic mass is 9.52. The third kappa shape index (κ3) is 4.73. The smallest absolute Gasteiger partial charge is 0.191 e. The second-order valence-corrected chi connectivity index (χ2v) is 17.7. The van der Waals surface area contributed by atoms with E-state index in [1.807, 2.05) is 0 Å². The Morgan fingerprint density at radius 3 is 2.58 bits per heavy atom. The first-order chi connectivity index (χ1) is 14.3. The highest BCUT2D eigenvalue weighted by Crippen LogP contribution is 2.64. The molecule has 3 aliphatic carbocycles. The molecule has 0 saturated heterocycles. The zero-order valence-electron chi connectivity index (χ0n) is 21.3. The summed E-state index contributed by atoms with van der Waals surface area (Å²) in [6.07, 6.45) is 18.8. The summed E-state index contributed by atoms with van der Waals surface area (Å²) in [5.74, 6) is 5.38. The standard InChI is InChI=1S/C28H48O2Si/c1-9-12-22-13-10-11-17-28(29)23(19-22)16-18-27(6)24(14-15-25(27)28)21(2)20-30-31(7,8)26(3,4)5/h1,10-11,21-25,29H,12-20H2,2-8H3/b11-10-/t21-,22?,23+,24-,25?,27-,28+/m1/s1. The van der Waals surface area contributed by atoms with Crippen molar-refractivity contribution in [2.75, 3.05) is 6.61 Å². The number of allylic oxidation sites excluding steroid dienone is 1. The molecule has 0 heterocycles. The molecule has 7 atom stereocenters. The van der Waals surface area contributed by atoms with Crippen LogP contribution in [0.1, 0.15) is 86.0 Å². The van der Waals surface area contributed by atoms with Crippen LogP contribution >= 0.6 is 0 Å². The second-order valence-electron chi connectivity index (χ2n) is 12.9. The van der Waals surface area contributed by atoms with Gasteiger partial charge in [0.15, 0.2) is 8.32 Å². The molecular formula is C28H48O2Si. The summed E-state index contributed by atoms with van der Waals surface area (Å²) in [5.41, 5.74) is -0.346. The van der Waals surface area contributed by atoms with Gasteiger partial charge in [-0.15, -0.1) is 12.3 Å². The SMILES string of the molecule is C#CCC1C/C=C\C[C@@]2(O)C3CC[C@H]([C@H](C)CO[Si](C)(C)C(C)(C)C)[C@@]3(C)CC[C@H]2C1. The monoisotopic (exact) mass is 444 g/mol. The summed E-state index contributed by atoms with van der Waals surface area (Å²) in [5, 5.41) is 12.4. The minimum Gasteiger partial charge on any atom is -0.417 e. The molecule has 3 aliphatic rings. The van der Waals surface area contributed by atoms with Crippen LogP contribution in [0.5, 0.6) is 0 Å². The fourth-order valence-corrected chi connectivity index (χ4v) is 8.21. The third-order valence-electron chi connectivity index (χ3n) is 10.1. The lowest BCUT2D eigenvalue weighted by molar-refractivity contribution is -0.151. The van der Waals surface area contributed by atoms with Crippen molar-refractivity contribution in [3.8, 4) is 12.3 Å². The van der Waals surface area contributed by atoms with Gasteiger partial charge in [-0.2, -0.15) is 0 Å². The minimum atomic E-state index is -1.73. The minimum absolute atomic E-state index is 0.218. The number of hydrogen-bond donors (Lipinski definition) is 1. The maximum Gasteiger partial charge on any atom is 0.191 e. The second kappa shape index (κ2) is 9.00. The molecule has 0 aromatic heterocycles. The normalized spacial score (nSPS) is 40.7. The van der Waals surface area contributed by atoms with Crippen molar-refractivity contribution >= 4 is 8.32 Å². The van der Waals surface area contributed by atoms with Gasteiger partial charge in [0.1, 0.15) is 0 Å². The van der Waals surface area contributed by atoms with Gasteiger partial charge in [0.2, 0.25) is 0 Å². The van der Waals surface area contributed by atoms with Crippen molar-refractivity contribution in [1.82, 2.24) is 0 Å². The average molecular weight is 445 g/mol. The van der Waals surface area contributed by atoms with E-state index in [4.69, 9.17) is 10.8 Å². The van der Waals surface area contributed by atoms with Crippen molar-refractivity contribution < 1.29 is 9.53 Å². The molecule has 0 aromatic rings.